The summed E-state index contributed by atoms with van der Waals surface area (Å²) < 4.78 is 5.18. The molecule has 1 aromatic carbocycles. The predicted octanol–water partition coefficient (Wildman–Crippen LogP) is 3.79. The van der Waals surface area contributed by atoms with Gasteiger partial charge in [-0.3, -0.25) is 0 Å². The van der Waals surface area contributed by atoms with Crippen LogP contribution < -0.4 is 4.74 Å². The second kappa shape index (κ2) is 7.05. The molecule has 1 aromatic rings. The topological polar surface area (TPSA) is 29.5 Å². The lowest BCUT2D eigenvalue weighted by molar-refractivity contribution is 0.203. The van der Waals surface area contributed by atoms with Crippen LogP contribution in [-0.4, -0.2) is 23.2 Å². The molecule has 100 valence electrons. The number of methoxy groups -OCH3 is 1. The van der Waals surface area contributed by atoms with E-state index in [0.29, 0.717) is 0 Å². The number of benzene rings is 1. The lowest BCUT2D eigenvalue weighted by Gasteiger charge is -2.22. The molecule has 1 unspecified atom stereocenters. The van der Waals surface area contributed by atoms with Crippen LogP contribution in [0.3, 0.4) is 0 Å². The molecule has 1 atom stereocenters. The van der Waals surface area contributed by atoms with E-state index in [4.69, 9.17) is 4.74 Å². The first-order valence-electron chi connectivity index (χ1n) is 6.73. The number of rotatable bonds is 5. The number of aliphatic hydroxyl groups is 1. The molecule has 0 bridgehead atoms. The van der Waals surface area contributed by atoms with Crippen molar-refractivity contribution in [1.82, 2.24) is 0 Å². The third-order valence-electron chi connectivity index (χ3n) is 3.52. The summed E-state index contributed by atoms with van der Waals surface area (Å²) in [4.78, 5) is 0. The molecule has 0 spiro atoms. The lowest BCUT2D eigenvalue weighted by Crippen LogP contribution is -2.11. The van der Waals surface area contributed by atoms with Gasteiger partial charge in [-0.2, -0.15) is 11.8 Å². The molecule has 1 aliphatic rings. The van der Waals surface area contributed by atoms with Crippen LogP contribution >= 0.6 is 11.8 Å². The molecule has 1 saturated carbocycles. The van der Waals surface area contributed by atoms with Crippen molar-refractivity contribution < 1.29 is 9.84 Å². The molecule has 0 aromatic heterocycles. The number of hydrogen-bond acceptors (Lipinski definition) is 3. The Balaban J connectivity index is 1.84. The van der Waals surface area contributed by atoms with Crippen LogP contribution in [0.1, 0.15) is 43.8 Å². The summed E-state index contributed by atoms with van der Waals surface area (Å²) in [7, 11) is 1.66. The Morgan fingerprint density at radius 3 is 2.83 bits per heavy atom. The quantitative estimate of drug-likeness (QED) is 0.879. The Morgan fingerprint density at radius 2 is 2.11 bits per heavy atom. The smallest absolute Gasteiger partial charge is 0.119 e. The molecule has 2 nitrogen and oxygen atoms in total. The van der Waals surface area contributed by atoms with Gasteiger partial charge in [0.1, 0.15) is 5.75 Å². The van der Waals surface area contributed by atoms with E-state index in [9.17, 15) is 5.11 Å². The van der Waals surface area contributed by atoms with Crippen molar-refractivity contribution >= 4 is 11.8 Å². The van der Waals surface area contributed by atoms with Gasteiger partial charge in [0.15, 0.2) is 0 Å². The average Bonchev–Trinajstić information content (AvgIpc) is 2.46. The van der Waals surface area contributed by atoms with Crippen molar-refractivity contribution in [1.29, 1.82) is 0 Å². The zero-order chi connectivity index (χ0) is 12.8. The maximum atomic E-state index is 10.2. The van der Waals surface area contributed by atoms with E-state index < -0.39 is 0 Å². The first-order valence-corrected chi connectivity index (χ1v) is 7.78. The number of hydrogen-bond donors (Lipinski definition) is 1. The van der Waals surface area contributed by atoms with E-state index in [-0.39, 0.29) is 6.10 Å². The van der Waals surface area contributed by atoms with E-state index in [1.807, 2.05) is 36.0 Å². The fourth-order valence-corrected chi connectivity index (χ4v) is 3.72. The van der Waals surface area contributed by atoms with Gasteiger partial charge in [0.2, 0.25) is 0 Å². The van der Waals surface area contributed by atoms with Crippen LogP contribution in [0.4, 0.5) is 0 Å². The molecule has 18 heavy (non-hydrogen) atoms. The third-order valence-corrected chi connectivity index (χ3v) is 4.97. The summed E-state index contributed by atoms with van der Waals surface area (Å²) in [5.74, 6) is 1.60. The van der Waals surface area contributed by atoms with Gasteiger partial charge in [0.05, 0.1) is 13.2 Å². The van der Waals surface area contributed by atoms with Crippen molar-refractivity contribution in [2.45, 2.75) is 43.5 Å². The standard InChI is InChI=1S/C15H22O2S/c1-17-13-7-5-6-12(10-13)15(16)11-18-14-8-3-2-4-9-14/h5-7,10,14-16H,2-4,8-9,11H2,1H3. The molecular formula is C15H22O2S. The Kier molecular flexibility index (Phi) is 5.39. The molecule has 0 aliphatic heterocycles. The van der Waals surface area contributed by atoms with Crippen molar-refractivity contribution in [3.05, 3.63) is 29.8 Å². The normalized spacial score (nSPS) is 18.6. The molecule has 0 radical (unpaired) electrons. The van der Waals surface area contributed by atoms with E-state index in [1.165, 1.54) is 32.1 Å². The second-order valence-electron chi connectivity index (χ2n) is 4.89. The molecule has 1 aliphatic carbocycles. The van der Waals surface area contributed by atoms with Crippen LogP contribution in [0.5, 0.6) is 5.75 Å². The highest BCUT2D eigenvalue weighted by Crippen LogP contribution is 2.31. The molecular weight excluding hydrogens is 244 g/mol. The Hall–Kier alpha value is -0.670. The minimum Gasteiger partial charge on any atom is -0.497 e. The fourth-order valence-electron chi connectivity index (χ4n) is 2.40. The van der Waals surface area contributed by atoms with E-state index >= 15 is 0 Å². The molecule has 0 saturated heterocycles. The van der Waals surface area contributed by atoms with Crippen LogP contribution in [0.25, 0.3) is 0 Å². The van der Waals surface area contributed by atoms with Gasteiger partial charge >= 0.3 is 0 Å². The van der Waals surface area contributed by atoms with Crippen molar-refractivity contribution in [2.24, 2.45) is 0 Å². The van der Waals surface area contributed by atoms with Gasteiger partial charge in [-0.05, 0) is 30.5 Å². The first-order chi connectivity index (χ1) is 8.79. The van der Waals surface area contributed by atoms with Gasteiger partial charge < -0.3 is 9.84 Å². The summed E-state index contributed by atoms with van der Waals surface area (Å²) in [6.45, 7) is 0. The molecule has 0 heterocycles. The van der Waals surface area contributed by atoms with Crippen LogP contribution in [0, 0.1) is 0 Å². The van der Waals surface area contributed by atoms with Crippen molar-refractivity contribution in [3.63, 3.8) is 0 Å². The predicted molar refractivity (Wildman–Crippen MR) is 77.3 cm³/mol. The third kappa shape index (κ3) is 3.92. The van der Waals surface area contributed by atoms with Crippen molar-refractivity contribution in [3.8, 4) is 5.75 Å². The fraction of sp³-hybridized carbons (Fsp3) is 0.600. The maximum Gasteiger partial charge on any atom is 0.119 e. The zero-order valence-electron chi connectivity index (χ0n) is 11.0. The van der Waals surface area contributed by atoms with Gasteiger partial charge in [-0.25, -0.2) is 0 Å². The largest absolute Gasteiger partial charge is 0.497 e. The molecule has 1 fully saturated rings. The van der Waals surface area contributed by atoms with E-state index in [2.05, 4.69) is 0 Å². The summed E-state index contributed by atoms with van der Waals surface area (Å²) in [6, 6.07) is 7.73. The van der Waals surface area contributed by atoms with Gasteiger partial charge in [0.25, 0.3) is 0 Å². The lowest BCUT2D eigenvalue weighted by atomic mass is 10.0. The van der Waals surface area contributed by atoms with Crippen LogP contribution in [0.15, 0.2) is 24.3 Å². The highest BCUT2D eigenvalue weighted by Gasteiger charge is 2.16. The van der Waals surface area contributed by atoms with E-state index in [0.717, 1.165) is 22.3 Å². The SMILES string of the molecule is COc1cccc(C(O)CSC2CCCCC2)c1. The summed E-state index contributed by atoms with van der Waals surface area (Å²) in [5, 5.41) is 10.9. The summed E-state index contributed by atoms with van der Waals surface area (Å²) in [5.41, 5.74) is 0.956. The van der Waals surface area contributed by atoms with Gasteiger partial charge in [-0.1, -0.05) is 31.4 Å². The van der Waals surface area contributed by atoms with Crippen molar-refractivity contribution in [2.75, 3.05) is 12.9 Å². The van der Waals surface area contributed by atoms with Gasteiger partial charge in [0, 0.05) is 11.0 Å². The summed E-state index contributed by atoms with van der Waals surface area (Å²) >= 11 is 1.92. The second-order valence-corrected chi connectivity index (χ2v) is 6.22. The zero-order valence-corrected chi connectivity index (χ0v) is 11.8. The van der Waals surface area contributed by atoms with E-state index in [1.54, 1.807) is 7.11 Å². The molecule has 2 rings (SSSR count). The van der Waals surface area contributed by atoms with Gasteiger partial charge in [-0.15, -0.1) is 0 Å². The minimum atomic E-state index is -0.382. The maximum absolute atomic E-state index is 10.2. The molecule has 1 N–H and O–H groups in total. The number of aliphatic hydroxyl groups excluding tert-OH is 1. The average molecular weight is 266 g/mol. The number of thioether (sulfide) groups is 1. The Morgan fingerprint density at radius 1 is 1.33 bits per heavy atom. The molecule has 0 amide bonds. The highest BCUT2D eigenvalue weighted by atomic mass is 32.2. The Labute approximate surface area is 114 Å². The van der Waals surface area contributed by atoms with Crippen LogP contribution in [-0.2, 0) is 0 Å². The Bertz CT molecular complexity index is 361. The first kappa shape index (κ1) is 13.8. The number of ether oxygens (including phenoxy) is 1. The highest BCUT2D eigenvalue weighted by molar-refractivity contribution is 7.99. The summed E-state index contributed by atoms with van der Waals surface area (Å²) in [6.07, 6.45) is 6.34. The monoisotopic (exact) mass is 266 g/mol. The van der Waals surface area contributed by atoms with Crippen LogP contribution in [0.2, 0.25) is 0 Å². The molecule has 3 heteroatoms. The minimum absolute atomic E-state index is 0.382.